The average Bonchev–Trinajstić information content (AvgIpc) is 3.08. The number of benzene rings is 1. The Labute approximate surface area is 131 Å². The Kier molecular flexibility index (Phi) is 4.03. The number of hydrogen-bond donors (Lipinski definition) is 2. The number of rotatable bonds is 5. The predicted octanol–water partition coefficient (Wildman–Crippen LogP) is 2.04. The Morgan fingerprint density at radius 3 is 2.48 bits per heavy atom. The molecule has 3 N–H and O–H groups in total. The zero-order valence-corrected chi connectivity index (χ0v) is 13.4. The van der Waals surface area contributed by atoms with E-state index in [1.54, 1.807) is 24.3 Å². The number of nitrogens with two attached hydrogens (primary N) is 1. The highest BCUT2D eigenvalue weighted by molar-refractivity contribution is 7.89. The highest BCUT2D eigenvalue weighted by Crippen LogP contribution is 2.48. The quantitative estimate of drug-likeness (QED) is 0.813. The second-order valence-electron chi connectivity index (χ2n) is 6.18. The highest BCUT2D eigenvalue weighted by Gasteiger charge is 2.39. The molecule has 0 aromatic heterocycles. The van der Waals surface area contributed by atoms with E-state index in [2.05, 4.69) is 4.72 Å². The maximum atomic E-state index is 12.3. The summed E-state index contributed by atoms with van der Waals surface area (Å²) in [5.41, 5.74) is 6.19. The molecule has 0 saturated heterocycles. The SMILES string of the molecule is NC(=S)c1ccc(S(=O)(=O)NCC2CC3CCC2C3)cc1. The molecule has 0 amide bonds. The summed E-state index contributed by atoms with van der Waals surface area (Å²) in [5.74, 6) is 2.05. The molecule has 2 saturated carbocycles. The monoisotopic (exact) mass is 324 g/mol. The minimum atomic E-state index is -3.44. The Bertz CT molecular complexity index is 640. The lowest BCUT2D eigenvalue weighted by molar-refractivity contribution is 0.333. The van der Waals surface area contributed by atoms with Gasteiger partial charge in [0.15, 0.2) is 0 Å². The van der Waals surface area contributed by atoms with Crippen LogP contribution in [0.4, 0.5) is 0 Å². The van der Waals surface area contributed by atoms with Gasteiger partial charge in [0.1, 0.15) is 4.99 Å². The van der Waals surface area contributed by atoms with Crippen molar-refractivity contribution in [3.05, 3.63) is 29.8 Å². The average molecular weight is 324 g/mol. The molecule has 1 aromatic carbocycles. The van der Waals surface area contributed by atoms with Crippen LogP contribution >= 0.6 is 12.2 Å². The van der Waals surface area contributed by atoms with Crippen molar-refractivity contribution < 1.29 is 8.42 Å². The third-order valence-corrected chi connectivity index (χ3v) is 6.54. The standard InChI is InChI=1S/C15H20N2O2S2/c16-15(20)11-3-5-14(6-4-11)21(18,19)17-9-13-8-10-1-2-12(13)7-10/h3-6,10,12-13,17H,1-2,7-9H2,(H2,16,20). The van der Waals surface area contributed by atoms with E-state index in [0.29, 0.717) is 18.0 Å². The van der Waals surface area contributed by atoms with Crippen LogP contribution in [0.1, 0.15) is 31.2 Å². The number of fused-ring (bicyclic) bond motifs is 2. The number of thiocarbonyl (C=S) groups is 1. The molecule has 2 fully saturated rings. The van der Waals surface area contributed by atoms with Crippen molar-refractivity contribution in [3.8, 4) is 0 Å². The van der Waals surface area contributed by atoms with Crippen LogP contribution in [0.25, 0.3) is 0 Å². The predicted molar refractivity (Wildman–Crippen MR) is 86.5 cm³/mol. The molecule has 4 nitrogen and oxygen atoms in total. The first-order valence-electron chi connectivity index (χ1n) is 7.35. The van der Waals surface area contributed by atoms with E-state index < -0.39 is 10.0 Å². The summed E-state index contributed by atoms with van der Waals surface area (Å²) in [6.45, 7) is 0.556. The first-order valence-corrected chi connectivity index (χ1v) is 9.24. The molecule has 21 heavy (non-hydrogen) atoms. The molecule has 114 valence electrons. The third kappa shape index (κ3) is 3.12. The van der Waals surface area contributed by atoms with Crippen molar-refractivity contribution in [2.45, 2.75) is 30.6 Å². The van der Waals surface area contributed by atoms with Crippen molar-refractivity contribution in [2.75, 3.05) is 6.54 Å². The van der Waals surface area contributed by atoms with Crippen molar-refractivity contribution in [3.63, 3.8) is 0 Å². The van der Waals surface area contributed by atoms with E-state index in [1.165, 1.54) is 25.7 Å². The van der Waals surface area contributed by atoms with Gasteiger partial charge in [-0.3, -0.25) is 0 Å². The van der Waals surface area contributed by atoms with E-state index in [0.717, 1.165) is 11.8 Å². The minimum Gasteiger partial charge on any atom is -0.389 e. The third-order valence-electron chi connectivity index (χ3n) is 4.87. The Balaban J connectivity index is 1.65. The van der Waals surface area contributed by atoms with Gasteiger partial charge in [0.05, 0.1) is 4.90 Å². The number of sulfonamides is 1. The van der Waals surface area contributed by atoms with Crippen molar-refractivity contribution in [2.24, 2.45) is 23.5 Å². The maximum absolute atomic E-state index is 12.3. The summed E-state index contributed by atoms with van der Waals surface area (Å²) in [4.78, 5) is 0.541. The summed E-state index contributed by atoms with van der Waals surface area (Å²) in [5, 5.41) is 0. The van der Waals surface area contributed by atoms with Crippen LogP contribution in [0.2, 0.25) is 0 Å². The van der Waals surface area contributed by atoms with E-state index in [4.69, 9.17) is 18.0 Å². The molecule has 2 aliphatic rings. The lowest BCUT2D eigenvalue weighted by Crippen LogP contribution is -2.31. The first kappa shape index (κ1) is 14.9. The second kappa shape index (κ2) is 5.66. The summed E-state index contributed by atoms with van der Waals surface area (Å²) in [6.07, 6.45) is 5.05. The molecule has 1 aromatic rings. The Morgan fingerprint density at radius 1 is 1.24 bits per heavy atom. The van der Waals surface area contributed by atoms with Gasteiger partial charge < -0.3 is 5.73 Å². The van der Waals surface area contributed by atoms with Crippen LogP contribution in [0.3, 0.4) is 0 Å². The first-order chi connectivity index (χ1) is 9.95. The van der Waals surface area contributed by atoms with Crippen LogP contribution in [-0.2, 0) is 10.0 Å². The fourth-order valence-electron chi connectivity index (χ4n) is 3.72. The summed E-state index contributed by atoms with van der Waals surface area (Å²) >= 11 is 4.87. The van der Waals surface area contributed by atoms with Gasteiger partial charge in [0.2, 0.25) is 10.0 Å². The summed E-state index contributed by atoms with van der Waals surface area (Å²) in [7, 11) is -3.44. The van der Waals surface area contributed by atoms with E-state index in [-0.39, 0.29) is 9.88 Å². The lowest BCUT2D eigenvalue weighted by Gasteiger charge is -2.21. The topological polar surface area (TPSA) is 72.2 Å². The fraction of sp³-hybridized carbons (Fsp3) is 0.533. The zero-order chi connectivity index (χ0) is 15.0. The molecule has 0 spiro atoms. The summed E-state index contributed by atoms with van der Waals surface area (Å²) in [6, 6.07) is 6.40. The molecular formula is C15H20N2O2S2. The fourth-order valence-corrected chi connectivity index (χ4v) is 4.96. The molecule has 2 aliphatic carbocycles. The van der Waals surface area contributed by atoms with Crippen LogP contribution in [-0.4, -0.2) is 20.0 Å². The number of hydrogen-bond acceptors (Lipinski definition) is 3. The van der Waals surface area contributed by atoms with Crippen molar-refractivity contribution >= 4 is 27.2 Å². The largest absolute Gasteiger partial charge is 0.389 e. The van der Waals surface area contributed by atoms with Gasteiger partial charge in [-0.1, -0.05) is 30.8 Å². The van der Waals surface area contributed by atoms with Gasteiger partial charge in [-0.05, 0) is 49.1 Å². The van der Waals surface area contributed by atoms with Gasteiger partial charge >= 0.3 is 0 Å². The minimum absolute atomic E-state index is 0.269. The Hall–Kier alpha value is -0.980. The molecule has 3 rings (SSSR count). The van der Waals surface area contributed by atoms with E-state index in [9.17, 15) is 8.42 Å². The molecular weight excluding hydrogens is 304 g/mol. The molecule has 2 bridgehead atoms. The maximum Gasteiger partial charge on any atom is 0.240 e. The van der Waals surface area contributed by atoms with Gasteiger partial charge in [0, 0.05) is 12.1 Å². The van der Waals surface area contributed by atoms with Gasteiger partial charge in [-0.2, -0.15) is 0 Å². The number of nitrogens with one attached hydrogen (secondary N) is 1. The van der Waals surface area contributed by atoms with Gasteiger partial charge in [-0.25, -0.2) is 13.1 Å². The van der Waals surface area contributed by atoms with Gasteiger partial charge in [0.25, 0.3) is 0 Å². The molecule has 0 aliphatic heterocycles. The van der Waals surface area contributed by atoms with Crippen molar-refractivity contribution in [1.29, 1.82) is 0 Å². The molecule has 3 unspecified atom stereocenters. The normalized spacial score (nSPS) is 27.9. The molecule has 0 heterocycles. The molecule has 6 heteroatoms. The van der Waals surface area contributed by atoms with Crippen LogP contribution in [0, 0.1) is 17.8 Å². The molecule has 3 atom stereocenters. The van der Waals surface area contributed by atoms with Gasteiger partial charge in [-0.15, -0.1) is 0 Å². The van der Waals surface area contributed by atoms with Crippen LogP contribution < -0.4 is 10.5 Å². The van der Waals surface area contributed by atoms with Crippen molar-refractivity contribution in [1.82, 2.24) is 4.72 Å². The highest BCUT2D eigenvalue weighted by atomic mass is 32.2. The lowest BCUT2D eigenvalue weighted by atomic mass is 9.89. The summed E-state index contributed by atoms with van der Waals surface area (Å²) < 4.78 is 27.4. The molecule has 0 radical (unpaired) electrons. The van der Waals surface area contributed by atoms with Crippen LogP contribution in [0.15, 0.2) is 29.2 Å². The van der Waals surface area contributed by atoms with Crippen LogP contribution in [0.5, 0.6) is 0 Å². The van der Waals surface area contributed by atoms with E-state index in [1.807, 2.05) is 0 Å². The smallest absolute Gasteiger partial charge is 0.240 e. The second-order valence-corrected chi connectivity index (χ2v) is 8.38. The Morgan fingerprint density at radius 2 is 1.95 bits per heavy atom. The van der Waals surface area contributed by atoms with E-state index >= 15 is 0 Å². The zero-order valence-electron chi connectivity index (χ0n) is 11.8.